The Morgan fingerprint density at radius 3 is 2.87 bits per heavy atom. The molecule has 0 amide bonds. The Morgan fingerprint density at radius 1 is 1.47 bits per heavy atom. The summed E-state index contributed by atoms with van der Waals surface area (Å²) >= 11 is 0. The van der Waals surface area contributed by atoms with Gasteiger partial charge in [-0.05, 0) is 44.9 Å². The number of nitrogens with zero attached hydrogens (tertiary/aromatic N) is 1. The molecule has 2 N–H and O–H groups in total. The number of hydrogen-bond donors (Lipinski definition) is 2. The molecule has 2 unspecified atom stereocenters. The standard InChI is InChI=1S/C12H20N2O/c1-10(8-11(2)15)14-7-5-12-4-3-6-13-9-12/h3-4,6,9-11,14-15H,5,7-8H2,1-2H3. The molecule has 15 heavy (non-hydrogen) atoms. The van der Waals surface area contributed by atoms with Crippen LogP contribution in [0.1, 0.15) is 25.8 Å². The van der Waals surface area contributed by atoms with Crippen LogP contribution in [-0.2, 0) is 6.42 Å². The van der Waals surface area contributed by atoms with Crippen molar-refractivity contribution in [2.45, 2.75) is 38.8 Å². The van der Waals surface area contributed by atoms with Gasteiger partial charge >= 0.3 is 0 Å². The summed E-state index contributed by atoms with van der Waals surface area (Å²) in [6, 6.07) is 4.39. The lowest BCUT2D eigenvalue weighted by molar-refractivity contribution is 0.171. The summed E-state index contributed by atoms with van der Waals surface area (Å²) in [5.74, 6) is 0. The topological polar surface area (TPSA) is 45.1 Å². The maximum Gasteiger partial charge on any atom is 0.0526 e. The van der Waals surface area contributed by atoms with Gasteiger partial charge in [0.25, 0.3) is 0 Å². The van der Waals surface area contributed by atoms with Gasteiger partial charge in [-0.1, -0.05) is 6.07 Å². The maximum absolute atomic E-state index is 9.19. The fraction of sp³-hybridized carbons (Fsp3) is 0.583. The van der Waals surface area contributed by atoms with Crippen LogP contribution in [0.3, 0.4) is 0 Å². The molecule has 0 aliphatic heterocycles. The molecular formula is C12H20N2O. The van der Waals surface area contributed by atoms with Gasteiger partial charge in [0.05, 0.1) is 6.10 Å². The lowest BCUT2D eigenvalue weighted by Gasteiger charge is -2.15. The predicted octanol–water partition coefficient (Wildman–Crippen LogP) is 1.37. The van der Waals surface area contributed by atoms with E-state index >= 15 is 0 Å². The summed E-state index contributed by atoms with van der Waals surface area (Å²) in [5, 5.41) is 12.6. The van der Waals surface area contributed by atoms with Crippen LogP contribution in [0.25, 0.3) is 0 Å². The van der Waals surface area contributed by atoms with Crippen LogP contribution in [0.15, 0.2) is 24.5 Å². The molecule has 0 aromatic carbocycles. The Morgan fingerprint density at radius 2 is 2.27 bits per heavy atom. The van der Waals surface area contributed by atoms with Crippen LogP contribution in [-0.4, -0.2) is 28.8 Å². The Balaban J connectivity index is 2.16. The molecule has 0 radical (unpaired) electrons. The van der Waals surface area contributed by atoms with E-state index in [2.05, 4.69) is 23.3 Å². The second-order valence-electron chi connectivity index (χ2n) is 4.05. The third-order valence-electron chi connectivity index (χ3n) is 2.32. The number of aliphatic hydroxyl groups is 1. The van der Waals surface area contributed by atoms with E-state index in [1.54, 1.807) is 6.20 Å². The van der Waals surface area contributed by atoms with E-state index < -0.39 is 0 Å². The number of hydrogen-bond acceptors (Lipinski definition) is 3. The maximum atomic E-state index is 9.19. The van der Waals surface area contributed by atoms with E-state index in [0.29, 0.717) is 6.04 Å². The Labute approximate surface area is 91.5 Å². The molecule has 0 aliphatic carbocycles. The first kappa shape index (κ1) is 12.1. The molecule has 0 aliphatic rings. The van der Waals surface area contributed by atoms with E-state index in [-0.39, 0.29) is 6.10 Å². The van der Waals surface area contributed by atoms with Crippen LogP contribution < -0.4 is 5.32 Å². The van der Waals surface area contributed by atoms with Gasteiger partial charge in [0.15, 0.2) is 0 Å². The Hall–Kier alpha value is -0.930. The van der Waals surface area contributed by atoms with Gasteiger partial charge in [0, 0.05) is 18.4 Å². The molecule has 3 heteroatoms. The van der Waals surface area contributed by atoms with Crippen molar-refractivity contribution in [2.24, 2.45) is 0 Å². The minimum Gasteiger partial charge on any atom is -0.393 e. The minimum atomic E-state index is -0.231. The smallest absolute Gasteiger partial charge is 0.0526 e. The van der Waals surface area contributed by atoms with E-state index in [0.717, 1.165) is 19.4 Å². The Kier molecular flexibility index (Phi) is 5.29. The lowest BCUT2D eigenvalue weighted by atomic mass is 10.1. The van der Waals surface area contributed by atoms with Crippen LogP contribution in [0.2, 0.25) is 0 Å². The summed E-state index contributed by atoms with van der Waals surface area (Å²) in [7, 11) is 0. The minimum absolute atomic E-state index is 0.231. The number of pyridine rings is 1. The van der Waals surface area contributed by atoms with E-state index in [4.69, 9.17) is 0 Å². The average Bonchev–Trinajstić information content (AvgIpc) is 2.18. The molecule has 0 saturated heterocycles. The number of aromatic nitrogens is 1. The highest BCUT2D eigenvalue weighted by molar-refractivity contribution is 5.08. The van der Waals surface area contributed by atoms with Gasteiger partial charge in [0.2, 0.25) is 0 Å². The molecule has 1 heterocycles. The van der Waals surface area contributed by atoms with E-state index in [9.17, 15) is 5.11 Å². The zero-order chi connectivity index (χ0) is 11.1. The fourth-order valence-electron chi connectivity index (χ4n) is 1.60. The second kappa shape index (κ2) is 6.53. The molecular weight excluding hydrogens is 188 g/mol. The number of aliphatic hydroxyl groups excluding tert-OH is 1. The van der Waals surface area contributed by atoms with Crippen molar-refractivity contribution in [3.63, 3.8) is 0 Å². The molecule has 0 fully saturated rings. The Bertz CT molecular complexity index is 262. The van der Waals surface area contributed by atoms with E-state index in [1.807, 2.05) is 19.2 Å². The molecule has 0 spiro atoms. The predicted molar refractivity (Wildman–Crippen MR) is 61.7 cm³/mol. The first-order valence-electron chi connectivity index (χ1n) is 5.49. The molecule has 1 aromatic heterocycles. The van der Waals surface area contributed by atoms with Crippen LogP contribution in [0.5, 0.6) is 0 Å². The SMILES string of the molecule is CC(O)CC(C)NCCc1cccnc1. The molecule has 3 nitrogen and oxygen atoms in total. The lowest BCUT2D eigenvalue weighted by Crippen LogP contribution is -2.30. The van der Waals surface area contributed by atoms with Crippen molar-refractivity contribution in [3.8, 4) is 0 Å². The van der Waals surface area contributed by atoms with Crippen LogP contribution >= 0.6 is 0 Å². The van der Waals surface area contributed by atoms with Gasteiger partial charge < -0.3 is 10.4 Å². The highest BCUT2D eigenvalue weighted by Gasteiger charge is 2.04. The van der Waals surface area contributed by atoms with Crippen LogP contribution in [0.4, 0.5) is 0 Å². The normalized spacial score (nSPS) is 14.9. The molecule has 1 rings (SSSR count). The number of nitrogens with one attached hydrogen (secondary N) is 1. The summed E-state index contributed by atoms with van der Waals surface area (Å²) in [6.07, 6.45) is 5.23. The largest absolute Gasteiger partial charge is 0.393 e. The van der Waals surface area contributed by atoms with Crippen molar-refractivity contribution in [2.75, 3.05) is 6.54 Å². The third kappa shape index (κ3) is 5.50. The molecule has 1 aromatic rings. The van der Waals surface area contributed by atoms with Crippen molar-refractivity contribution < 1.29 is 5.11 Å². The molecule has 2 atom stereocenters. The summed E-state index contributed by atoms with van der Waals surface area (Å²) in [4.78, 5) is 4.06. The third-order valence-corrected chi connectivity index (χ3v) is 2.32. The van der Waals surface area contributed by atoms with Crippen molar-refractivity contribution in [1.29, 1.82) is 0 Å². The quantitative estimate of drug-likeness (QED) is 0.742. The second-order valence-corrected chi connectivity index (χ2v) is 4.05. The van der Waals surface area contributed by atoms with Gasteiger partial charge in [0.1, 0.15) is 0 Å². The highest BCUT2D eigenvalue weighted by atomic mass is 16.3. The van der Waals surface area contributed by atoms with Gasteiger partial charge in [-0.2, -0.15) is 0 Å². The zero-order valence-corrected chi connectivity index (χ0v) is 9.48. The summed E-state index contributed by atoms with van der Waals surface area (Å²) < 4.78 is 0. The molecule has 84 valence electrons. The molecule has 0 saturated carbocycles. The van der Waals surface area contributed by atoms with Gasteiger partial charge in [-0.15, -0.1) is 0 Å². The first-order chi connectivity index (χ1) is 7.18. The van der Waals surface area contributed by atoms with Gasteiger partial charge in [-0.25, -0.2) is 0 Å². The van der Waals surface area contributed by atoms with Crippen LogP contribution in [0, 0.1) is 0 Å². The number of rotatable bonds is 6. The zero-order valence-electron chi connectivity index (χ0n) is 9.48. The average molecular weight is 208 g/mol. The molecule has 0 bridgehead atoms. The summed E-state index contributed by atoms with van der Waals surface area (Å²) in [6.45, 7) is 4.84. The van der Waals surface area contributed by atoms with Crippen molar-refractivity contribution in [1.82, 2.24) is 10.3 Å². The van der Waals surface area contributed by atoms with Crippen molar-refractivity contribution >= 4 is 0 Å². The first-order valence-corrected chi connectivity index (χ1v) is 5.49. The van der Waals surface area contributed by atoms with E-state index in [1.165, 1.54) is 5.56 Å². The summed E-state index contributed by atoms with van der Waals surface area (Å²) in [5.41, 5.74) is 1.24. The van der Waals surface area contributed by atoms with Gasteiger partial charge in [-0.3, -0.25) is 4.98 Å². The highest BCUT2D eigenvalue weighted by Crippen LogP contribution is 1.99. The monoisotopic (exact) mass is 208 g/mol. The fourth-order valence-corrected chi connectivity index (χ4v) is 1.60. The van der Waals surface area contributed by atoms with Crippen molar-refractivity contribution in [3.05, 3.63) is 30.1 Å².